The van der Waals surface area contributed by atoms with E-state index in [-0.39, 0.29) is 13.2 Å². The normalized spacial score (nSPS) is 13.6. The quantitative estimate of drug-likeness (QED) is 0.533. The zero-order valence-corrected chi connectivity index (χ0v) is 14.9. The lowest BCUT2D eigenvalue weighted by molar-refractivity contribution is -0.149. The molecule has 1 fully saturated rings. The third-order valence-electron chi connectivity index (χ3n) is 3.56. The number of benzene rings is 1. The summed E-state index contributed by atoms with van der Waals surface area (Å²) < 4.78 is 9.63. The summed E-state index contributed by atoms with van der Waals surface area (Å²) in [4.78, 5) is 60.2. The SMILES string of the molecule is CCOC(=O)c1ccc(NC(=O)COC(=O)CN2C(=O)CN(C)C2=O)cc1. The number of hydrogen-bond acceptors (Lipinski definition) is 7. The van der Waals surface area contributed by atoms with Gasteiger partial charge in [-0.05, 0) is 31.2 Å². The number of likely N-dealkylation sites (N-methyl/N-ethyl adjacent to an activating group) is 1. The highest BCUT2D eigenvalue weighted by atomic mass is 16.5. The molecule has 0 atom stereocenters. The molecule has 0 saturated carbocycles. The molecular formula is C17H19N3O7. The van der Waals surface area contributed by atoms with Gasteiger partial charge in [0.1, 0.15) is 13.1 Å². The Bertz CT molecular complexity index is 760. The first kappa shape index (κ1) is 19.9. The predicted molar refractivity (Wildman–Crippen MR) is 91.7 cm³/mol. The number of nitrogens with zero attached hydrogens (tertiary/aromatic N) is 2. The highest BCUT2D eigenvalue weighted by molar-refractivity contribution is 6.04. The molecule has 0 bridgehead atoms. The predicted octanol–water partition coefficient (Wildman–Crippen LogP) is 0.239. The van der Waals surface area contributed by atoms with Gasteiger partial charge in [-0.3, -0.25) is 19.3 Å². The number of hydrogen-bond donors (Lipinski definition) is 1. The zero-order chi connectivity index (χ0) is 20.0. The summed E-state index contributed by atoms with van der Waals surface area (Å²) in [6, 6.07) is 5.39. The van der Waals surface area contributed by atoms with E-state index in [0.29, 0.717) is 11.3 Å². The van der Waals surface area contributed by atoms with E-state index in [2.05, 4.69) is 5.32 Å². The third-order valence-corrected chi connectivity index (χ3v) is 3.56. The molecule has 1 aromatic carbocycles. The molecule has 1 N–H and O–H groups in total. The summed E-state index contributed by atoms with van der Waals surface area (Å²) >= 11 is 0. The van der Waals surface area contributed by atoms with Crippen LogP contribution in [-0.4, -0.2) is 72.9 Å². The summed E-state index contributed by atoms with van der Waals surface area (Å²) in [5.41, 5.74) is 0.738. The molecule has 10 heteroatoms. The second-order valence-corrected chi connectivity index (χ2v) is 5.63. The van der Waals surface area contributed by atoms with Crippen LogP contribution in [0.2, 0.25) is 0 Å². The molecule has 2 rings (SSSR count). The summed E-state index contributed by atoms with van der Waals surface area (Å²) in [5.74, 6) is -2.46. The molecule has 0 radical (unpaired) electrons. The van der Waals surface area contributed by atoms with Crippen molar-refractivity contribution in [3.8, 4) is 0 Å². The fourth-order valence-electron chi connectivity index (χ4n) is 2.25. The number of imide groups is 1. The highest BCUT2D eigenvalue weighted by Crippen LogP contribution is 2.11. The number of carbonyl (C=O) groups excluding carboxylic acids is 5. The van der Waals surface area contributed by atoms with Crippen molar-refractivity contribution in [3.05, 3.63) is 29.8 Å². The van der Waals surface area contributed by atoms with Crippen LogP contribution in [0.3, 0.4) is 0 Å². The fraction of sp³-hybridized carbons (Fsp3) is 0.353. The number of amides is 4. The minimum Gasteiger partial charge on any atom is -0.462 e. The van der Waals surface area contributed by atoms with Gasteiger partial charge in [0, 0.05) is 12.7 Å². The number of urea groups is 1. The smallest absolute Gasteiger partial charge is 0.338 e. The minimum atomic E-state index is -0.875. The molecule has 10 nitrogen and oxygen atoms in total. The van der Waals surface area contributed by atoms with Crippen molar-refractivity contribution < 1.29 is 33.4 Å². The summed E-state index contributed by atoms with van der Waals surface area (Å²) in [5, 5.41) is 2.49. The van der Waals surface area contributed by atoms with Crippen LogP contribution >= 0.6 is 0 Å². The second kappa shape index (κ2) is 8.79. The van der Waals surface area contributed by atoms with Gasteiger partial charge in [-0.15, -0.1) is 0 Å². The van der Waals surface area contributed by atoms with E-state index in [1.807, 2.05) is 0 Å². The number of nitrogens with one attached hydrogen (secondary N) is 1. The molecule has 1 heterocycles. The first-order valence-corrected chi connectivity index (χ1v) is 8.10. The number of rotatable bonds is 7. The lowest BCUT2D eigenvalue weighted by Gasteiger charge is -2.13. The molecule has 0 aromatic heterocycles. The summed E-state index contributed by atoms with van der Waals surface area (Å²) in [6.45, 7) is 0.720. The lowest BCUT2D eigenvalue weighted by atomic mass is 10.2. The van der Waals surface area contributed by atoms with Crippen molar-refractivity contribution in [2.45, 2.75) is 6.92 Å². The van der Waals surface area contributed by atoms with Crippen LogP contribution in [0.5, 0.6) is 0 Å². The van der Waals surface area contributed by atoms with Crippen LogP contribution in [0.1, 0.15) is 17.3 Å². The largest absolute Gasteiger partial charge is 0.462 e. The first-order chi connectivity index (χ1) is 12.8. The maximum Gasteiger partial charge on any atom is 0.338 e. The van der Waals surface area contributed by atoms with E-state index in [0.717, 1.165) is 4.90 Å². The van der Waals surface area contributed by atoms with Crippen LogP contribution in [-0.2, 0) is 23.9 Å². The van der Waals surface area contributed by atoms with Crippen LogP contribution in [0.4, 0.5) is 10.5 Å². The molecular weight excluding hydrogens is 358 g/mol. The van der Waals surface area contributed by atoms with Gasteiger partial charge in [0.25, 0.3) is 11.8 Å². The van der Waals surface area contributed by atoms with Crippen molar-refractivity contribution in [3.63, 3.8) is 0 Å². The van der Waals surface area contributed by atoms with Gasteiger partial charge in [0.2, 0.25) is 0 Å². The summed E-state index contributed by atoms with van der Waals surface area (Å²) in [7, 11) is 1.44. The minimum absolute atomic E-state index is 0.103. The number of carbonyl (C=O) groups is 5. The first-order valence-electron chi connectivity index (χ1n) is 8.10. The van der Waals surface area contributed by atoms with Gasteiger partial charge >= 0.3 is 18.0 Å². The molecule has 0 aliphatic carbocycles. The van der Waals surface area contributed by atoms with Gasteiger partial charge in [-0.1, -0.05) is 0 Å². The van der Waals surface area contributed by atoms with Crippen molar-refractivity contribution in [2.75, 3.05) is 38.7 Å². The van der Waals surface area contributed by atoms with Gasteiger partial charge in [0.05, 0.1) is 12.2 Å². The Morgan fingerprint density at radius 2 is 1.78 bits per heavy atom. The van der Waals surface area contributed by atoms with Crippen molar-refractivity contribution >= 4 is 35.5 Å². The maximum absolute atomic E-state index is 11.8. The average Bonchev–Trinajstić information content (AvgIpc) is 2.87. The van der Waals surface area contributed by atoms with E-state index in [1.165, 1.54) is 36.2 Å². The topological polar surface area (TPSA) is 122 Å². The van der Waals surface area contributed by atoms with Crippen molar-refractivity contribution in [1.29, 1.82) is 0 Å². The molecule has 1 aliphatic rings. The van der Waals surface area contributed by atoms with Crippen molar-refractivity contribution in [1.82, 2.24) is 9.80 Å². The van der Waals surface area contributed by atoms with Crippen LogP contribution in [0.25, 0.3) is 0 Å². The standard InChI is InChI=1S/C17H19N3O7/c1-3-26-16(24)11-4-6-12(7-5-11)18-13(21)10-27-15(23)9-20-14(22)8-19(2)17(20)25/h4-7H,3,8-10H2,1-2H3,(H,18,21). The van der Waals surface area contributed by atoms with Crippen LogP contribution in [0.15, 0.2) is 24.3 Å². The molecule has 0 spiro atoms. The average molecular weight is 377 g/mol. The molecule has 0 unspecified atom stereocenters. The van der Waals surface area contributed by atoms with Crippen LogP contribution < -0.4 is 5.32 Å². The Labute approximate surface area is 155 Å². The van der Waals surface area contributed by atoms with E-state index in [9.17, 15) is 24.0 Å². The Morgan fingerprint density at radius 1 is 1.11 bits per heavy atom. The van der Waals surface area contributed by atoms with Gasteiger partial charge < -0.3 is 19.7 Å². The monoisotopic (exact) mass is 377 g/mol. The third kappa shape index (κ3) is 5.27. The lowest BCUT2D eigenvalue weighted by Crippen LogP contribution is -2.37. The second-order valence-electron chi connectivity index (χ2n) is 5.63. The Hall–Kier alpha value is -3.43. The molecule has 1 aromatic rings. The Morgan fingerprint density at radius 3 is 2.33 bits per heavy atom. The van der Waals surface area contributed by atoms with E-state index < -0.39 is 42.9 Å². The van der Waals surface area contributed by atoms with Crippen LogP contribution in [0, 0.1) is 0 Å². The van der Waals surface area contributed by atoms with Crippen molar-refractivity contribution in [2.24, 2.45) is 0 Å². The van der Waals surface area contributed by atoms with E-state index in [1.54, 1.807) is 6.92 Å². The molecule has 144 valence electrons. The Balaban J connectivity index is 1.79. The fourth-order valence-corrected chi connectivity index (χ4v) is 2.25. The summed E-state index contributed by atoms with van der Waals surface area (Å²) in [6.07, 6.45) is 0. The number of esters is 2. The zero-order valence-electron chi connectivity index (χ0n) is 14.9. The molecule has 27 heavy (non-hydrogen) atoms. The van der Waals surface area contributed by atoms with Gasteiger partial charge in [0.15, 0.2) is 6.61 Å². The highest BCUT2D eigenvalue weighted by Gasteiger charge is 2.35. The number of anilines is 1. The molecule has 1 aliphatic heterocycles. The number of ether oxygens (including phenoxy) is 2. The maximum atomic E-state index is 11.8. The van der Waals surface area contributed by atoms with E-state index >= 15 is 0 Å². The molecule has 4 amide bonds. The Kier molecular flexibility index (Phi) is 6.47. The van der Waals surface area contributed by atoms with Gasteiger partial charge in [-0.2, -0.15) is 0 Å². The molecule has 1 saturated heterocycles. The van der Waals surface area contributed by atoms with Gasteiger partial charge in [-0.25, -0.2) is 9.59 Å². The van der Waals surface area contributed by atoms with E-state index in [4.69, 9.17) is 9.47 Å².